The molecule has 25 heavy (non-hydrogen) atoms. The lowest BCUT2D eigenvalue weighted by atomic mass is 10.1. The Bertz CT molecular complexity index is 1010. The zero-order valence-corrected chi connectivity index (χ0v) is 16.3. The molecule has 0 aliphatic carbocycles. The van der Waals surface area contributed by atoms with E-state index in [1.54, 1.807) is 34.6 Å². The van der Waals surface area contributed by atoms with Gasteiger partial charge in [0.15, 0.2) is 5.69 Å². The van der Waals surface area contributed by atoms with Gasteiger partial charge in [-0.15, -0.1) is 23.1 Å². The Balaban J connectivity index is 2.06. The molecule has 0 atom stereocenters. The highest BCUT2D eigenvalue weighted by atomic mass is 35.5. The molecular formula is C16H9Cl3N2O2S2. The summed E-state index contributed by atoms with van der Waals surface area (Å²) in [6, 6.07) is 6.89. The number of benzene rings is 1. The summed E-state index contributed by atoms with van der Waals surface area (Å²) in [5.74, 6) is -0.299. The molecule has 9 heteroatoms. The number of thiophene rings is 1. The second-order valence-electron chi connectivity index (χ2n) is 5.34. The third-order valence-corrected chi connectivity index (χ3v) is 6.92. The zero-order valence-electron chi connectivity index (χ0n) is 12.4. The molecule has 0 unspecified atom stereocenters. The van der Waals surface area contributed by atoms with Crippen molar-refractivity contribution in [2.75, 3.05) is 5.75 Å². The molecule has 0 saturated heterocycles. The summed E-state index contributed by atoms with van der Waals surface area (Å²) >= 11 is 21.7. The van der Waals surface area contributed by atoms with Crippen molar-refractivity contribution in [2.45, 2.75) is 10.6 Å². The molecule has 0 radical (unpaired) electrons. The smallest absolute Gasteiger partial charge is 0.356 e. The zero-order chi connectivity index (χ0) is 17.7. The van der Waals surface area contributed by atoms with Gasteiger partial charge in [-0.25, -0.2) is 9.48 Å². The van der Waals surface area contributed by atoms with Crippen LogP contribution in [0, 0.1) is 0 Å². The van der Waals surface area contributed by atoms with Crippen molar-refractivity contribution in [3.05, 3.63) is 49.9 Å². The van der Waals surface area contributed by atoms with E-state index in [1.165, 1.54) is 11.3 Å². The van der Waals surface area contributed by atoms with Gasteiger partial charge in [0.1, 0.15) is 0 Å². The highest BCUT2D eigenvalue weighted by Gasteiger charge is 2.29. The monoisotopic (exact) mass is 430 g/mol. The number of carbonyl (C=O) groups is 1. The van der Waals surface area contributed by atoms with E-state index in [9.17, 15) is 9.90 Å². The Kier molecular flexibility index (Phi) is 4.50. The molecule has 0 amide bonds. The predicted octanol–water partition coefficient (Wildman–Crippen LogP) is 5.91. The van der Waals surface area contributed by atoms with Crippen molar-refractivity contribution in [2.24, 2.45) is 0 Å². The number of halogens is 3. The molecular weight excluding hydrogens is 423 g/mol. The minimum Gasteiger partial charge on any atom is -0.476 e. The maximum atomic E-state index is 11.7. The molecule has 3 aromatic rings. The second-order valence-corrected chi connectivity index (χ2v) is 9.23. The second kappa shape index (κ2) is 6.52. The molecule has 1 N–H and O–H groups in total. The van der Waals surface area contributed by atoms with Gasteiger partial charge in [0, 0.05) is 21.9 Å². The van der Waals surface area contributed by atoms with Crippen LogP contribution in [-0.4, -0.2) is 26.6 Å². The van der Waals surface area contributed by atoms with Crippen LogP contribution in [0.25, 0.3) is 16.9 Å². The minimum atomic E-state index is -1.06. The largest absolute Gasteiger partial charge is 0.476 e. The van der Waals surface area contributed by atoms with Crippen LogP contribution in [0.3, 0.4) is 0 Å². The van der Waals surface area contributed by atoms with E-state index in [4.69, 9.17) is 34.8 Å². The molecule has 0 saturated carbocycles. The van der Waals surface area contributed by atoms with E-state index in [1.807, 2.05) is 6.07 Å². The van der Waals surface area contributed by atoms with Crippen LogP contribution in [0.1, 0.15) is 16.1 Å². The third kappa shape index (κ3) is 2.96. The van der Waals surface area contributed by atoms with Crippen LogP contribution in [0.15, 0.2) is 28.5 Å². The standard InChI is InChI=1S/C16H9Cl3N2O2S2/c17-7-1-2-11(10(18)5-7)21-14-8(13(20-21)15(22)23)3-4-24-16-9(14)6-12(19)25-16/h1-2,5-6H,3-4H2,(H,22,23). The lowest BCUT2D eigenvalue weighted by Crippen LogP contribution is -2.04. The Morgan fingerprint density at radius 3 is 2.76 bits per heavy atom. The van der Waals surface area contributed by atoms with Crippen molar-refractivity contribution < 1.29 is 9.90 Å². The summed E-state index contributed by atoms with van der Waals surface area (Å²) in [4.78, 5) is 11.7. The van der Waals surface area contributed by atoms with Gasteiger partial charge in [0.05, 0.1) is 24.9 Å². The molecule has 1 aliphatic rings. The van der Waals surface area contributed by atoms with Crippen molar-refractivity contribution in [1.29, 1.82) is 0 Å². The quantitative estimate of drug-likeness (QED) is 0.548. The van der Waals surface area contributed by atoms with Gasteiger partial charge in [-0.2, -0.15) is 5.10 Å². The summed E-state index contributed by atoms with van der Waals surface area (Å²) in [6.07, 6.45) is 0.603. The normalized spacial score (nSPS) is 13.2. The van der Waals surface area contributed by atoms with Crippen LogP contribution in [0.2, 0.25) is 14.4 Å². The molecule has 1 aliphatic heterocycles. The van der Waals surface area contributed by atoms with Gasteiger partial charge >= 0.3 is 5.97 Å². The molecule has 4 nitrogen and oxygen atoms in total. The van der Waals surface area contributed by atoms with E-state index >= 15 is 0 Å². The van der Waals surface area contributed by atoms with E-state index in [0.29, 0.717) is 32.1 Å². The lowest BCUT2D eigenvalue weighted by Gasteiger charge is -2.10. The fourth-order valence-electron chi connectivity index (χ4n) is 2.83. The summed E-state index contributed by atoms with van der Waals surface area (Å²) in [5.41, 5.74) is 2.93. The van der Waals surface area contributed by atoms with Crippen LogP contribution in [-0.2, 0) is 6.42 Å². The molecule has 128 valence electrons. The number of thioether (sulfide) groups is 1. The van der Waals surface area contributed by atoms with Crippen molar-refractivity contribution in [3.63, 3.8) is 0 Å². The lowest BCUT2D eigenvalue weighted by molar-refractivity contribution is 0.0689. The maximum absolute atomic E-state index is 11.7. The highest BCUT2D eigenvalue weighted by molar-refractivity contribution is 8.01. The van der Waals surface area contributed by atoms with Gasteiger partial charge < -0.3 is 5.11 Å². The fourth-order valence-corrected chi connectivity index (χ4v) is 5.97. The Labute approximate surface area is 166 Å². The molecule has 1 aromatic carbocycles. The first kappa shape index (κ1) is 17.2. The average molecular weight is 432 g/mol. The maximum Gasteiger partial charge on any atom is 0.356 e. The van der Waals surface area contributed by atoms with Crippen molar-refractivity contribution >= 4 is 63.9 Å². The molecule has 0 fully saturated rings. The summed E-state index contributed by atoms with van der Waals surface area (Å²) in [6.45, 7) is 0. The Morgan fingerprint density at radius 2 is 2.04 bits per heavy atom. The number of hydrogen-bond donors (Lipinski definition) is 1. The number of aromatic nitrogens is 2. The van der Waals surface area contributed by atoms with Crippen LogP contribution < -0.4 is 0 Å². The topological polar surface area (TPSA) is 55.1 Å². The third-order valence-electron chi connectivity index (χ3n) is 3.83. The summed E-state index contributed by atoms with van der Waals surface area (Å²) in [7, 11) is 0. The van der Waals surface area contributed by atoms with Gasteiger partial charge in [0.2, 0.25) is 0 Å². The predicted molar refractivity (Wildman–Crippen MR) is 103 cm³/mol. The number of nitrogens with zero attached hydrogens (tertiary/aromatic N) is 2. The summed E-state index contributed by atoms with van der Waals surface area (Å²) < 4.78 is 3.29. The number of rotatable bonds is 2. The molecule has 4 rings (SSSR count). The SMILES string of the molecule is O=C(O)c1nn(-c2ccc(Cl)cc2Cl)c2c1CCSc1sc(Cl)cc1-2. The highest BCUT2D eigenvalue weighted by Crippen LogP contribution is 2.46. The molecule has 0 spiro atoms. The van der Waals surface area contributed by atoms with Gasteiger partial charge in [0.25, 0.3) is 0 Å². The fraction of sp³-hybridized carbons (Fsp3) is 0.125. The van der Waals surface area contributed by atoms with E-state index in [2.05, 4.69) is 5.10 Å². The van der Waals surface area contributed by atoms with Gasteiger partial charge in [-0.05, 0) is 30.7 Å². The molecule has 3 heterocycles. The Morgan fingerprint density at radius 1 is 1.24 bits per heavy atom. The summed E-state index contributed by atoms with van der Waals surface area (Å²) in [5, 5.41) is 14.8. The Hall–Kier alpha value is -1.18. The van der Waals surface area contributed by atoms with E-state index in [0.717, 1.165) is 21.2 Å². The number of aromatic carboxylic acids is 1. The molecule has 0 bridgehead atoms. The van der Waals surface area contributed by atoms with Crippen molar-refractivity contribution in [1.82, 2.24) is 9.78 Å². The van der Waals surface area contributed by atoms with Gasteiger partial charge in [-0.3, -0.25) is 0 Å². The average Bonchev–Trinajstić information content (AvgIpc) is 3.03. The van der Waals surface area contributed by atoms with Crippen molar-refractivity contribution in [3.8, 4) is 16.9 Å². The van der Waals surface area contributed by atoms with E-state index < -0.39 is 5.97 Å². The first-order valence-electron chi connectivity index (χ1n) is 7.19. The number of carboxylic acids is 1. The van der Waals surface area contributed by atoms with Crippen LogP contribution in [0.4, 0.5) is 0 Å². The van der Waals surface area contributed by atoms with Gasteiger partial charge in [-0.1, -0.05) is 34.8 Å². The van der Waals surface area contributed by atoms with Crippen LogP contribution >= 0.6 is 57.9 Å². The first-order chi connectivity index (χ1) is 12.0. The molecule has 2 aromatic heterocycles. The number of hydrogen-bond acceptors (Lipinski definition) is 4. The first-order valence-corrected chi connectivity index (χ1v) is 10.1. The number of carboxylic acid groups (broad SMARTS) is 1. The number of fused-ring (bicyclic) bond motifs is 3. The van der Waals surface area contributed by atoms with Crippen LogP contribution in [0.5, 0.6) is 0 Å². The van der Waals surface area contributed by atoms with E-state index in [-0.39, 0.29) is 5.69 Å². The minimum absolute atomic E-state index is 0.0387.